The minimum absolute atomic E-state index is 0.338. The number of fused-ring (bicyclic) bond motifs is 1. The average Bonchev–Trinajstić information content (AvgIpc) is 2.49. The quantitative estimate of drug-likeness (QED) is 0.850. The molecule has 0 saturated carbocycles. The Labute approximate surface area is 127 Å². The molecular weight excluding hydrogens is 283 g/mol. The van der Waals surface area contributed by atoms with Crippen LogP contribution in [-0.4, -0.2) is 17.2 Å². The van der Waals surface area contributed by atoms with Crippen LogP contribution in [0.15, 0.2) is 41.7 Å². The maximum atomic E-state index is 14.3. The number of aliphatic imine (C=N–C) groups is 1. The van der Waals surface area contributed by atoms with Crippen molar-refractivity contribution in [2.45, 2.75) is 18.9 Å². The molecule has 3 N–H and O–H groups in total. The topological polar surface area (TPSA) is 80.4 Å². The van der Waals surface area contributed by atoms with E-state index in [9.17, 15) is 9.18 Å². The number of amidine groups is 1. The molecule has 0 saturated heterocycles. The summed E-state index contributed by atoms with van der Waals surface area (Å²) in [6.07, 6.45) is 4.40. The number of hydrogen-bond acceptors (Lipinski definition) is 4. The molecule has 1 aliphatic rings. The number of halogens is 1. The molecule has 0 bridgehead atoms. The smallest absolute Gasteiger partial charge is 0.211 e. The van der Waals surface area contributed by atoms with Crippen LogP contribution in [0, 0.1) is 5.82 Å². The van der Waals surface area contributed by atoms with Gasteiger partial charge in [-0.1, -0.05) is 0 Å². The predicted octanol–water partition coefficient (Wildman–Crippen LogP) is 1.97. The second-order valence-corrected chi connectivity index (χ2v) is 5.44. The summed E-state index contributed by atoms with van der Waals surface area (Å²) >= 11 is 0. The van der Waals surface area contributed by atoms with Crippen molar-refractivity contribution >= 4 is 17.9 Å². The van der Waals surface area contributed by atoms with Gasteiger partial charge in [-0.3, -0.25) is 14.8 Å². The van der Waals surface area contributed by atoms with Crippen molar-refractivity contribution in [1.29, 1.82) is 0 Å². The molecule has 1 amide bonds. The number of nitrogens with one attached hydrogen (secondary N) is 1. The van der Waals surface area contributed by atoms with Gasteiger partial charge in [-0.25, -0.2) is 4.39 Å². The first-order valence-electron chi connectivity index (χ1n) is 6.82. The highest BCUT2D eigenvalue weighted by molar-refractivity contribution is 5.99. The lowest BCUT2D eigenvalue weighted by Gasteiger charge is -2.32. The van der Waals surface area contributed by atoms with Crippen molar-refractivity contribution in [3.63, 3.8) is 0 Å². The van der Waals surface area contributed by atoms with Gasteiger partial charge in [0.1, 0.15) is 11.7 Å². The summed E-state index contributed by atoms with van der Waals surface area (Å²) in [5.41, 5.74) is 7.85. The maximum Gasteiger partial charge on any atom is 0.211 e. The van der Waals surface area contributed by atoms with Gasteiger partial charge in [0, 0.05) is 35.6 Å². The molecule has 0 spiro atoms. The largest absolute Gasteiger partial charge is 0.383 e. The Hall–Kier alpha value is -2.76. The molecule has 0 radical (unpaired) electrons. The van der Waals surface area contributed by atoms with E-state index in [0.717, 1.165) is 11.1 Å². The molecule has 2 aromatic rings. The first-order chi connectivity index (χ1) is 10.5. The number of amides is 1. The van der Waals surface area contributed by atoms with Gasteiger partial charge in [-0.15, -0.1) is 0 Å². The fourth-order valence-electron chi connectivity index (χ4n) is 2.80. The summed E-state index contributed by atoms with van der Waals surface area (Å²) in [6, 6.07) is 6.28. The van der Waals surface area contributed by atoms with Crippen molar-refractivity contribution in [3.05, 3.63) is 59.2 Å². The van der Waals surface area contributed by atoms with Gasteiger partial charge in [0.05, 0.1) is 5.54 Å². The van der Waals surface area contributed by atoms with Crippen LogP contribution in [0.5, 0.6) is 0 Å². The van der Waals surface area contributed by atoms with Crippen LogP contribution in [0.1, 0.15) is 23.6 Å². The molecule has 6 heteroatoms. The van der Waals surface area contributed by atoms with Gasteiger partial charge in [0.15, 0.2) is 0 Å². The molecule has 2 heterocycles. The van der Waals surface area contributed by atoms with Crippen LogP contribution in [0.4, 0.5) is 10.1 Å². The molecule has 1 atom stereocenters. The molecular formula is C16H15FN4O. The number of rotatable bonds is 3. The number of nitrogens with two attached hydrogens (primary N) is 1. The lowest BCUT2D eigenvalue weighted by molar-refractivity contribution is -0.105. The highest BCUT2D eigenvalue weighted by atomic mass is 19.1. The van der Waals surface area contributed by atoms with E-state index in [1.165, 1.54) is 12.1 Å². The summed E-state index contributed by atoms with van der Waals surface area (Å²) < 4.78 is 14.3. The van der Waals surface area contributed by atoms with Gasteiger partial charge in [0.25, 0.3) is 0 Å². The van der Waals surface area contributed by atoms with Crippen molar-refractivity contribution < 1.29 is 9.18 Å². The number of benzene rings is 1. The molecule has 112 valence electrons. The first-order valence-corrected chi connectivity index (χ1v) is 6.82. The zero-order chi connectivity index (χ0) is 15.7. The van der Waals surface area contributed by atoms with Crippen LogP contribution in [-0.2, 0) is 16.8 Å². The van der Waals surface area contributed by atoms with E-state index in [1.807, 2.05) is 13.0 Å². The Morgan fingerprint density at radius 3 is 3.00 bits per heavy atom. The Morgan fingerprint density at radius 1 is 1.41 bits per heavy atom. The maximum absolute atomic E-state index is 14.3. The molecule has 0 aliphatic carbocycles. The second kappa shape index (κ2) is 5.22. The normalized spacial score (nSPS) is 20.0. The van der Waals surface area contributed by atoms with Crippen molar-refractivity contribution in [2.75, 3.05) is 5.32 Å². The van der Waals surface area contributed by atoms with Crippen LogP contribution in [0.25, 0.3) is 0 Å². The van der Waals surface area contributed by atoms with E-state index in [2.05, 4.69) is 15.3 Å². The Balaban J connectivity index is 2.11. The lowest BCUT2D eigenvalue weighted by atomic mass is 9.82. The SMILES string of the molecule is CC1(c2cc(NC=O)ccc2F)Cc2ccncc2C(N)=N1. The van der Waals surface area contributed by atoms with Gasteiger partial charge < -0.3 is 11.1 Å². The Bertz CT molecular complexity index is 774. The molecule has 22 heavy (non-hydrogen) atoms. The third kappa shape index (κ3) is 2.32. The summed E-state index contributed by atoms with van der Waals surface area (Å²) in [7, 11) is 0. The number of aromatic nitrogens is 1. The Morgan fingerprint density at radius 2 is 2.23 bits per heavy atom. The van der Waals surface area contributed by atoms with Crippen molar-refractivity contribution in [3.8, 4) is 0 Å². The standard InChI is InChI=1S/C16H15FN4O/c1-16(13-6-11(20-9-22)2-3-14(13)17)7-10-4-5-19-8-12(10)15(18)21-16/h2-6,8-9H,7H2,1H3,(H2,18,21)(H,20,22). The summed E-state index contributed by atoms with van der Waals surface area (Å²) in [6.45, 7) is 1.83. The summed E-state index contributed by atoms with van der Waals surface area (Å²) in [4.78, 5) is 19.1. The average molecular weight is 298 g/mol. The number of anilines is 1. The molecule has 1 aromatic heterocycles. The van der Waals surface area contributed by atoms with Crippen LogP contribution < -0.4 is 11.1 Å². The van der Waals surface area contributed by atoms with Crippen LogP contribution >= 0.6 is 0 Å². The fourth-order valence-corrected chi connectivity index (χ4v) is 2.80. The van der Waals surface area contributed by atoms with Gasteiger partial charge in [-0.2, -0.15) is 0 Å². The molecule has 1 aromatic carbocycles. The van der Waals surface area contributed by atoms with E-state index in [4.69, 9.17) is 5.73 Å². The van der Waals surface area contributed by atoms with E-state index in [-0.39, 0.29) is 5.82 Å². The molecule has 1 unspecified atom stereocenters. The number of hydrogen-bond donors (Lipinski definition) is 2. The zero-order valence-corrected chi connectivity index (χ0v) is 12.0. The summed E-state index contributed by atoms with van der Waals surface area (Å²) in [5, 5.41) is 2.52. The van der Waals surface area contributed by atoms with E-state index in [0.29, 0.717) is 29.9 Å². The van der Waals surface area contributed by atoms with Gasteiger partial charge in [-0.05, 0) is 36.8 Å². The number of carbonyl (C=O) groups excluding carboxylic acids is 1. The second-order valence-electron chi connectivity index (χ2n) is 5.44. The lowest BCUT2D eigenvalue weighted by Crippen LogP contribution is -2.34. The van der Waals surface area contributed by atoms with E-state index >= 15 is 0 Å². The molecule has 3 rings (SSSR count). The zero-order valence-electron chi connectivity index (χ0n) is 12.0. The fraction of sp³-hybridized carbons (Fsp3) is 0.188. The van der Waals surface area contributed by atoms with Gasteiger partial charge in [0.2, 0.25) is 6.41 Å². The number of nitrogens with zero attached hydrogens (tertiary/aromatic N) is 2. The highest BCUT2D eigenvalue weighted by Gasteiger charge is 2.34. The molecule has 1 aliphatic heterocycles. The summed E-state index contributed by atoms with van der Waals surface area (Å²) in [5.74, 6) is -0.0435. The first kappa shape index (κ1) is 14.2. The molecule has 0 fully saturated rings. The van der Waals surface area contributed by atoms with Crippen LogP contribution in [0.2, 0.25) is 0 Å². The third-order valence-corrected chi connectivity index (χ3v) is 3.86. The van der Waals surface area contributed by atoms with Crippen LogP contribution in [0.3, 0.4) is 0 Å². The van der Waals surface area contributed by atoms with E-state index in [1.54, 1.807) is 18.5 Å². The highest BCUT2D eigenvalue weighted by Crippen LogP contribution is 2.36. The number of pyridine rings is 1. The number of carbonyl (C=O) groups is 1. The van der Waals surface area contributed by atoms with E-state index < -0.39 is 5.54 Å². The Kier molecular flexibility index (Phi) is 3.36. The molecule has 5 nitrogen and oxygen atoms in total. The monoisotopic (exact) mass is 298 g/mol. The predicted molar refractivity (Wildman–Crippen MR) is 82.1 cm³/mol. The van der Waals surface area contributed by atoms with Crippen molar-refractivity contribution in [1.82, 2.24) is 4.98 Å². The van der Waals surface area contributed by atoms with Gasteiger partial charge >= 0.3 is 0 Å². The minimum Gasteiger partial charge on any atom is -0.383 e. The minimum atomic E-state index is -0.830. The third-order valence-electron chi connectivity index (χ3n) is 3.86. The van der Waals surface area contributed by atoms with Crippen molar-refractivity contribution in [2.24, 2.45) is 10.7 Å².